The molecule has 8 heavy (non-hydrogen) atoms. The molecular formula is C4H7Cl2NSi. The third kappa shape index (κ3) is 3.31. The largest absolute Gasteiger partial charge is 0.240 e. The Morgan fingerprint density at radius 2 is 2.25 bits per heavy atom. The van der Waals surface area contributed by atoms with Crippen LogP contribution in [0.1, 0.15) is 13.3 Å². The molecule has 4 heteroatoms. The topological polar surface area (TPSA) is 23.8 Å². The molecule has 0 aliphatic heterocycles. The summed E-state index contributed by atoms with van der Waals surface area (Å²) in [4.78, 5) is 0. The molecule has 0 heterocycles. The normalized spacial score (nSPS) is 13.4. The molecule has 46 valence electrons. The Labute approximate surface area is 60.2 Å². The molecule has 0 bridgehead atoms. The number of nitriles is 1. The maximum absolute atomic E-state index is 8.14. The van der Waals surface area contributed by atoms with E-state index in [-0.39, 0.29) is 5.54 Å². The minimum atomic E-state index is -1.56. The molecule has 0 amide bonds. The monoisotopic (exact) mass is 167 g/mol. The SMILES string of the molecule is CC(CC#N)[SiH](Cl)Cl. The van der Waals surface area contributed by atoms with Crippen LogP contribution in [-0.4, -0.2) is 7.42 Å². The fourth-order valence-corrected chi connectivity index (χ4v) is 1.05. The van der Waals surface area contributed by atoms with Crippen LogP contribution in [0, 0.1) is 11.3 Å². The Morgan fingerprint density at radius 3 is 2.38 bits per heavy atom. The Hall–Kier alpha value is 0.287. The Kier molecular flexibility index (Phi) is 4.34. The van der Waals surface area contributed by atoms with Gasteiger partial charge in [-0.05, 0) is 5.54 Å². The second kappa shape index (κ2) is 4.19. The van der Waals surface area contributed by atoms with Gasteiger partial charge in [-0.3, -0.25) is 0 Å². The van der Waals surface area contributed by atoms with E-state index in [1.165, 1.54) is 0 Å². The average Bonchev–Trinajstić information content (AvgIpc) is 1.67. The predicted molar refractivity (Wildman–Crippen MR) is 38.5 cm³/mol. The van der Waals surface area contributed by atoms with Gasteiger partial charge in [-0.15, -0.1) is 0 Å². The maximum Gasteiger partial charge on any atom is 0.240 e. The van der Waals surface area contributed by atoms with Gasteiger partial charge in [0.15, 0.2) is 0 Å². The van der Waals surface area contributed by atoms with Crippen LogP contribution < -0.4 is 0 Å². The predicted octanol–water partition coefficient (Wildman–Crippen LogP) is 1.99. The second-order valence-electron chi connectivity index (χ2n) is 1.67. The van der Waals surface area contributed by atoms with Crippen molar-refractivity contribution in [2.24, 2.45) is 0 Å². The molecule has 0 aromatic heterocycles. The zero-order valence-corrected chi connectivity index (χ0v) is 7.23. The summed E-state index contributed by atoms with van der Waals surface area (Å²) in [5.74, 6) is 0. The van der Waals surface area contributed by atoms with E-state index in [1.807, 2.05) is 13.0 Å². The van der Waals surface area contributed by atoms with Gasteiger partial charge in [-0.1, -0.05) is 6.92 Å². The first kappa shape index (κ1) is 8.29. The van der Waals surface area contributed by atoms with Gasteiger partial charge in [0.25, 0.3) is 0 Å². The summed E-state index contributed by atoms with van der Waals surface area (Å²) in [6.45, 7) is 1.90. The summed E-state index contributed by atoms with van der Waals surface area (Å²) >= 11 is 11.1. The molecule has 1 atom stereocenters. The van der Waals surface area contributed by atoms with E-state index in [0.29, 0.717) is 6.42 Å². The minimum absolute atomic E-state index is 0.225. The molecule has 0 rings (SSSR count). The lowest BCUT2D eigenvalue weighted by Crippen LogP contribution is -2.00. The summed E-state index contributed by atoms with van der Waals surface area (Å²) in [6, 6.07) is 2.01. The van der Waals surface area contributed by atoms with E-state index < -0.39 is 7.42 Å². The van der Waals surface area contributed by atoms with Gasteiger partial charge in [0, 0.05) is 6.42 Å². The van der Waals surface area contributed by atoms with Crippen molar-refractivity contribution in [3.8, 4) is 6.07 Å². The molecule has 0 aromatic carbocycles. The van der Waals surface area contributed by atoms with Crippen LogP contribution in [0.3, 0.4) is 0 Å². The van der Waals surface area contributed by atoms with E-state index >= 15 is 0 Å². The zero-order valence-electron chi connectivity index (χ0n) is 4.56. The van der Waals surface area contributed by atoms with Crippen LogP contribution in [0.2, 0.25) is 5.54 Å². The molecule has 0 aromatic rings. The molecular weight excluding hydrogens is 161 g/mol. The highest BCUT2D eigenvalue weighted by atomic mass is 35.7. The van der Waals surface area contributed by atoms with Crippen LogP contribution in [0.4, 0.5) is 0 Å². The van der Waals surface area contributed by atoms with Gasteiger partial charge in [0.05, 0.1) is 6.07 Å². The Bertz CT molecular complexity index is 98.7. The van der Waals surface area contributed by atoms with E-state index in [4.69, 9.17) is 27.4 Å². The highest BCUT2D eigenvalue weighted by Gasteiger charge is 2.11. The van der Waals surface area contributed by atoms with E-state index in [1.54, 1.807) is 0 Å². The molecule has 0 radical (unpaired) electrons. The van der Waals surface area contributed by atoms with Crippen LogP contribution >= 0.6 is 22.2 Å². The Morgan fingerprint density at radius 1 is 1.75 bits per heavy atom. The van der Waals surface area contributed by atoms with Gasteiger partial charge in [-0.2, -0.15) is 27.4 Å². The van der Waals surface area contributed by atoms with Crippen molar-refractivity contribution in [1.29, 1.82) is 5.26 Å². The second-order valence-corrected chi connectivity index (χ2v) is 6.97. The number of hydrogen-bond acceptors (Lipinski definition) is 1. The van der Waals surface area contributed by atoms with Crippen LogP contribution in [0.15, 0.2) is 0 Å². The average molecular weight is 168 g/mol. The number of hydrogen-bond donors (Lipinski definition) is 0. The van der Waals surface area contributed by atoms with E-state index in [0.717, 1.165) is 0 Å². The summed E-state index contributed by atoms with van der Waals surface area (Å²) < 4.78 is 0. The molecule has 1 unspecified atom stereocenters. The van der Waals surface area contributed by atoms with Crippen LogP contribution in [0.5, 0.6) is 0 Å². The molecule has 0 saturated heterocycles. The lowest BCUT2D eigenvalue weighted by Gasteiger charge is -2.02. The molecule has 0 fully saturated rings. The number of rotatable bonds is 2. The van der Waals surface area contributed by atoms with Crippen molar-refractivity contribution in [3.63, 3.8) is 0 Å². The molecule has 0 aliphatic carbocycles. The molecule has 0 saturated carbocycles. The number of halogens is 2. The van der Waals surface area contributed by atoms with E-state index in [9.17, 15) is 0 Å². The van der Waals surface area contributed by atoms with Gasteiger partial charge >= 0.3 is 0 Å². The maximum atomic E-state index is 8.14. The van der Waals surface area contributed by atoms with Gasteiger partial charge in [0.1, 0.15) is 0 Å². The summed E-state index contributed by atoms with van der Waals surface area (Å²) in [7, 11) is -1.56. The molecule has 1 nitrogen and oxygen atoms in total. The highest BCUT2D eigenvalue weighted by molar-refractivity contribution is 7.34. The lowest BCUT2D eigenvalue weighted by molar-refractivity contribution is 0.953. The first-order valence-electron chi connectivity index (χ1n) is 2.33. The molecule has 0 spiro atoms. The fourth-order valence-electron chi connectivity index (χ4n) is 0.233. The van der Waals surface area contributed by atoms with Crippen molar-refractivity contribution < 1.29 is 0 Å². The summed E-state index contributed by atoms with van der Waals surface area (Å²) in [5.41, 5.74) is 0.225. The van der Waals surface area contributed by atoms with Crippen molar-refractivity contribution in [2.75, 3.05) is 0 Å². The van der Waals surface area contributed by atoms with Crippen molar-refractivity contribution in [1.82, 2.24) is 0 Å². The minimum Gasteiger partial charge on any atom is -0.198 e. The smallest absolute Gasteiger partial charge is 0.198 e. The van der Waals surface area contributed by atoms with Gasteiger partial charge < -0.3 is 0 Å². The zero-order chi connectivity index (χ0) is 6.57. The first-order valence-corrected chi connectivity index (χ1v) is 6.49. The van der Waals surface area contributed by atoms with Gasteiger partial charge in [-0.25, -0.2) is 0 Å². The third-order valence-electron chi connectivity index (χ3n) is 0.843. The van der Waals surface area contributed by atoms with Crippen LogP contribution in [-0.2, 0) is 0 Å². The van der Waals surface area contributed by atoms with Crippen LogP contribution in [0.25, 0.3) is 0 Å². The fraction of sp³-hybridized carbons (Fsp3) is 0.750. The molecule has 0 N–H and O–H groups in total. The van der Waals surface area contributed by atoms with Crippen molar-refractivity contribution in [2.45, 2.75) is 18.9 Å². The first-order chi connectivity index (χ1) is 3.68. The summed E-state index contributed by atoms with van der Waals surface area (Å²) in [6.07, 6.45) is 0.490. The van der Waals surface area contributed by atoms with Crippen molar-refractivity contribution >= 4 is 29.6 Å². The quantitative estimate of drug-likeness (QED) is 0.457. The number of nitrogens with zero attached hydrogens (tertiary/aromatic N) is 1. The van der Waals surface area contributed by atoms with Gasteiger partial charge in [0.2, 0.25) is 7.42 Å². The van der Waals surface area contributed by atoms with E-state index in [2.05, 4.69) is 0 Å². The third-order valence-corrected chi connectivity index (χ3v) is 4.52. The summed E-state index contributed by atoms with van der Waals surface area (Å²) in [5, 5.41) is 8.14. The van der Waals surface area contributed by atoms with Crippen molar-refractivity contribution in [3.05, 3.63) is 0 Å². The Balaban J connectivity index is 3.35. The highest BCUT2D eigenvalue weighted by Crippen LogP contribution is 2.18. The standard InChI is InChI=1S/C4H7Cl2NSi/c1-4(2-3-7)8(5)6/h4,8H,2H2,1H3. The lowest BCUT2D eigenvalue weighted by atomic mass is 10.4. The molecule has 0 aliphatic rings.